The summed E-state index contributed by atoms with van der Waals surface area (Å²) in [5, 5.41) is 22.7. The number of primary amides is 1. The highest BCUT2D eigenvalue weighted by Crippen LogP contribution is 2.21. The van der Waals surface area contributed by atoms with E-state index < -0.39 is 12.1 Å². The number of rotatable bonds is 10. The third kappa shape index (κ3) is 6.54. The summed E-state index contributed by atoms with van der Waals surface area (Å²) in [5.41, 5.74) is 13.2. The fourth-order valence-corrected chi connectivity index (χ4v) is 2.75. The van der Waals surface area contributed by atoms with Crippen LogP contribution in [0.25, 0.3) is 0 Å². The Morgan fingerprint density at radius 3 is 2.52 bits per heavy atom. The first-order valence-electron chi connectivity index (χ1n) is 9.53. The minimum Gasteiger partial charge on any atom is -0.392 e. The molecule has 0 aliphatic carbocycles. The molecule has 0 radical (unpaired) electrons. The van der Waals surface area contributed by atoms with Gasteiger partial charge < -0.3 is 27.2 Å². The van der Waals surface area contributed by atoms with E-state index in [1.54, 1.807) is 30.5 Å². The summed E-state index contributed by atoms with van der Waals surface area (Å²) in [6.45, 7) is 4.25. The van der Waals surface area contributed by atoms with Crippen LogP contribution in [-0.2, 0) is 11.4 Å². The van der Waals surface area contributed by atoms with Crippen molar-refractivity contribution < 1.29 is 14.7 Å². The maximum atomic E-state index is 12.9. The molecule has 0 aliphatic rings. The number of anilines is 1. The molecule has 1 aromatic heterocycles. The molecule has 2 aromatic rings. The number of urea groups is 1. The summed E-state index contributed by atoms with van der Waals surface area (Å²) in [6.07, 6.45) is 2.63. The number of carbonyl (C=O) groups is 2. The highest BCUT2D eigenvalue weighted by molar-refractivity contribution is 5.93. The summed E-state index contributed by atoms with van der Waals surface area (Å²) in [4.78, 5) is 23.8. The first-order chi connectivity index (χ1) is 13.8. The molecule has 0 saturated heterocycles. The van der Waals surface area contributed by atoms with Gasteiger partial charge in [0.05, 0.1) is 24.5 Å². The molecule has 29 heavy (non-hydrogen) atoms. The Morgan fingerprint density at radius 1 is 1.24 bits per heavy atom. The summed E-state index contributed by atoms with van der Waals surface area (Å²) in [5.74, 6) is -0.0902. The molecule has 7 N–H and O–H groups in total. The zero-order valence-corrected chi connectivity index (χ0v) is 16.7. The maximum Gasteiger partial charge on any atom is 0.312 e. The molecule has 0 fully saturated rings. The van der Waals surface area contributed by atoms with E-state index >= 15 is 0 Å². The van der Waals surface area contributed by atoms with Gasteiger partial charge in [-0.25, -0.2) is 9.48 Å². The van der Waals surface area contributed by atoms with Crippen molar-refractivity contribution in [2.24, 2.45) is 17.4 Å². The SMILES string of the molecule is CC(C)C(N)c1cn(C(CCCNC(N)=O)C(=O)Nc2ccc(CO)cc2)nn1. The largest absolute Gasteiger partial charge is 0.392 e. The summed E-state index contributed by atoms with van der Waals surface area (Å²) in [6, 6.07) is 5.37. The van der Waals surface area contributed by atoms with Crippen LogP contribution in [0.5, 0.6) is 0 Å². The topological polar surface area (TPSA) is 161 Å². The lowest BCUT2D eigenvalue weighted by Gasteiger charge is -2.17. The lowest BCUT2D eigenvalue weighted by molar-refractivity contribution is -0.119. The van der Waals surface area contributed by atoms with Crippen LogP contribution < -0.4 is 22.1 Å². The van der Waals surface area contributed by atoms with Gasteiger partial charge in [0.25, 0.3) is 0 Å². The van der Waals surface area contributed by atoms with E-state index in [4.69, 9.17) is 16.6 Å². The van der Waals surface area contributed by atoms with Crippen molar-refractivity contribution in [3.8, 4) is 0 Å². The summed E-state index contributed by atoms with van der Waals surface area (Å²) < 4.78 is 1.50. The quantitative estimate of drug-likeness (QED) is 0.373. The number of carbonyl (C=O) groups excluding carboxylic acids is 2. The van der Waals surface area contributed by atoms with Crippen molar-refractivity contribution in [3.63, 3.8) is 0 Å². The van der Waals surface area contributed by atoms with Gasteiger partial charge in [-0.3, -0.25) is 4.79 Å². The Hall–Kier alpha value is -2.98. The van der Waals surface area contributed by atoms with Crippen LogP contribution in [0.1, 0.15) is 50.0 Å². The Bertz CT molecular complexity index is 804. The van der Waals surface area contributed by atoms with Gasteiger partial charge in [-0.2, -0.15) is 0 Å². The van der Waals surface area contributed by atoms with Crippen LogP contribution in [0, 0.1) is 5.92 Å². The Labute approximate surface area is 169 Å². The smallest absolute Gasteiger partial charge is 0.312 e. The fourth-order valence-electron chi connectivity index (χ4n) is 2.75. The van der Waals surface area contributed by atoms with E-state index in [9.17, 15) is 9.59 Å². The maximum absolute atomic E-state index is 12.9. The average molecular weight is 403 g/mol. The van der Waals surface area contributed by atoms with E-state index in [-0.39, 0.29) is 24.5 Å². The molecule has 3 amide bonds. The van der Waals surface area contributed by atoms with Gasteiger partial charge >= 0.3 is 6.03 Å². The predicted octanol–water partition coefficient (Wildman–Crippen LogP) is 1.05. The lowest BCUT2D eigenvalue weighted by atomic mass is 10.0. The fraction of sp³-hybridized carbons (Fsp3) is 0.474. The first kappa shape index (κ1) is 22.3. The van der Waals surface area contributed by atoms with E-state index in [2.05, 4.69) is 20.9 Å². The molecule has 1 aromatic carbocycles. The third-order valence-electron chi connectivity index (χ3n) is 4.57. The van der Waals surface area contributed by atoms with E-state index in [0.29, 0.717) is 30.8 Å². The van der Waals surface area contributed by atoms with Crippen LogP contribution in [0.3, 0.4) is 0 Å². The molecule has 1 heterocycles. The van der Waals surface area contributed by atoms with Crippen molar-refractivity contribution in [1.29, 1.82) is 0 Å². The molecular formula is C19H29N7O3. The predicted molar refractivity (Wildman–Crippen MR) is 109 cm³/mol. The van der Waals surface area contributed by atoms with Crippen molar-refractivity contribution >= 4 is 17.6 Å². The second-order valence-corrected chi connectivity index (χ2v) is 7.19. The minimum absolute atomic E-state index is 0.0679. The number of nitrogens with one attached hydrogen (secondary N) is 2. The number of nitrogens with two attached hydrogens (primary N) is 2. The Kier molecular flexibility index (Phi) is 8.10. The number of aliphatic hydroxyl groups is 1. The Balaban J connectivity index is 2.14. The monoisotopic (exact) mass is 403 g/mol. The molecule has 0 saturated carbocycles. The highest BCUT2D eigenvalue weighted by atomic mass is 16.3. The second kappa shape index (κ2) is 10.5. The van der Waals surface area contributed by atoms with Crippen LogP contribution >= 0.6 is 0 Å². The molecule has 10 nitrogen and oxygen atoms in total. The lowest BCUT2D eigenvalue weighted by Crippen LogP contribution is -2.31. The number of hydrogen-bond donors (Lipinski definition) is 5. The van der Waals surface area contributed by atoms with Gasteiger partial charge in [0, 0.05) is 12.2 Å². The zero-order valence-electron chi connectivity index (χ0n) is 16.7. The van der Waals surface area contributed by atoms with Crippen LogP contribution in [-0.4, -0.2) is 38.6 Å². The number of benzene rings is 1. The molecule has 0 bridgehead atoms. The van der Waals surface area contributed by atoms with Crippen molar-refractivity contribution in [2.75, 3.05) is 11.9 Å². The minimum atomic E-state index is -0.636. The molecule has 0 spiro atoms. The van der Waals surface area contributed by atoms with Crippen molar-refractivity contribution in [3.05, 3.63) is 41.7 Å². The second-order valence-electron chi connectivity index (χ2n) is 7.19. The molecule has 2 unspecified atom stereocenters. The van der Waals surface area contributed by atoms with Gasteiger partial charge in [-0.15, -0.1) is 5.10 Å². The number of aliphatic hydroxyl groups excluding tert-OH is 1. The third-order valence-corrected chi connectivity index (χ3v) is 4.57. The number of nitrogens with zero attached hydrogens (tertiary/aromatic N) is 3. The van der Waals surface area contributed by atoms with Crippen molar-refractivity contribution in [2.45, 2.75) is 45.4 Å². The summed E-state index contributed by atoms with van der Waals surface area (Å²) >= 11 is 0. The summed E-state index contributed by atoms with van der Waals surface area (Å²) in [7, 11) is 0. The first-order valence-corrected chi connectivity index (χ1v) is 9.53. The van der Waals surface area contributed by atoms with Gasteiger partial charge in [0.1, 0.15) is 6.04 Å². The van der Waals surface area contributed by atoms with Gasteiger partial charge in [-0.1, -0.05) is 31.2 Å². The van der Waals surface area contributed by atoms with Crippen molar-refractivity contribution in [1.82, 2.24) is 20.3 Å². The number of hydrogen-bond acceptors (Lipinski definition) is 6. The van der Waals surface area contributed by atoms with Crippen LogP contribution in [0.15, 0.2) is 30.5 Å². The molecule has 158 valence electrons. The number of amides is 3. The zero-order chi connectivity index (χ0) is 21.4. The molecule has 2 rings (SSSR count). The molecule has 2 atom stereocenters. The van der Waals surface area contributed by atoms with E-state index in [1.807, 2.05) is 13.8 Å². The Morgan fingerprint density at radius 2 is 1.93 bits per heavy atom. The average Bonchev–Trinajstić information content (AvgIpc) is 3.17. The van der Waals surface area contributed by atoms with E-state index in [0.717, 1.165) is 5.56 Å². The van der Waals surface area contributed by atoms with Crippen LogP contribution in [0.2, 0.25) is 0 Å². The molecule has 0 aliphatic heterocycles. The standard InChI is InChI=1S/C19H29N7O3/c1-12(2)17(20)15-10-26(25-24-15)16(4-3-9-22-19(21)29)18(28)23-14-7-5-13(11-27)6-8-14/h5-8,10,12,16-17,27H,3-4,9,11,20H2,1-2H3,(H,23,28)(H3,21,22,29). The number of aromatic nitrogens is 3. The van der Waals surface area contributed by atoms with Gasteiger partial charge in [0.15, 0.2) is 0 Å². The van der Waals surface area contributed by atoms with Gasteiger partial charge in [-0.05, 0) is 36.5 Å². The normalized spacial score (nSPS) is 13.1. The van der Waals surface area contributed by atoms with Crippen LogP contribution in [0.4, 0.5) is 10.5 Å². The van der Waals surface area contributed by atoms with Gasteiger partial charge in [0.2, 0.25) is 5.91 Å². The molecular weight excluding hydrogens is 374 g/mol. The highest BCUT2D eigenvalue weighted by Gasteiger charge is 2.24. The molecule has 10 heteroatoms. The van der Waals surface area contributed by atoms with E-state index in [1.165, 1.54) is 4.68 Å².